The van der Waals surface area contributed by atoms with Crippen molar-refractivity contribution in [3.8, 4) is 5.75 Å². The third-order valence-corrected chi connectivity index (χ3v) is 7.88. The van der Waals surface area contributed by atoms with Gasteiger partial charge in [0.15, 0.2) is 0 Å². The van der Waals surface area contributed by atoms with Gasteiger partial charge >= 0.3 is 0 Å². The SMILES string of the molecule is COc1ccc(S(=O)(=O)N2CCN(C(=O)c3nsc4ccccc34)CC2)cc1Cl. The number of carbonyl (C=O) groups excluding carboxylic acids is 1. The largest absolute Gasteiger partial charge is 0.495 e. The maximum atomic E-state index is 12.9. The molecule has 3 aromatic rings. The highest BCUT2D eigenvalue weighted by atomic mass is 35.5. The van der Waals surface area contributed by atoms with Crippen LogP contribution < -0.4 is 4.74 Å². The fraction of sp³-hybridized carbons (Fsp3) is 0.263. The maximum absolute atomic E-state index is 12.9. The van der Waals surface area contributed by atoms with E-state index >= 15 is 0 Å². The molecule has 1 aliphatic heterocycles. The van der Waals surface area contributed by atoms with E-state index in [1.807, 2.05) is 24.3 Å². The Balaban J connectivity index is 1.49. The molecule has 10 heteroatoms. The zero-order chi connectivity index (χ0) is 20.6. The van der Waals surface area contributed by atoms with Gasteiger partial charge < -0.3 is 9.64 Å². The summed E-state index contributed by atoms with van der Waals surface area (Å²) in [7, 11) is -2.24. The summed E-state index contributed by atoms with van der Waals surface area (Å²) >= 11 is 7.36. The Morgan fingerprint density at radius 1 is 1.14 bits per heavy atom. The highest BCUT2D eigenvalue weighted by molar-refractivity contribution is 7.89. The lowest BCUT2D eigenvalue weighted by Gasteiger charge is -2.33. The first-order chi connectivity index (χ1) is 13.9. The molecule has 2 heterocycles. The Labute approximate surface area is 177 Å². The Morgan fingerprint density at radius 2 is 1.86 bits per heavy atom. The number of ether oxygens (including phenoxy) is 1. The average Bonchev–Trinajstić information content (AvgIpc) is 3.17. The number of sulfonamides is 1. The van der Waals surface area contributed by atoms with Gasteiger partial charge in [0.05, 0.1) is 21.7 Å². The van der Waals surface area contributed by atoms with Crippen LogP contribution in [0.2, 0.25) is 5.02 Å². The molecule has 1 aromatic heterocycles. The lowest BCUT2D eigenvalue weighted by molar-refractivity contribution is 0.0695. The highest BCUT2D eigenvalue weighted by Crippen LogP contribution is 2.29. The van der Waals surface area contributed by atoms with Crippen molar-refractivity contribution in [1.82, 2.24) is 13.6 Å². The zero-order valence-corrected chi connectivity index (χ0v) is 17.9. The van der Waals surface area contributed by atoms with Gasteiger partial charge in [-0.05, 0) is 35.8 Å². The normalized spacial score (nSPS) is 15.6. The van der Waals surface area contributed by atoms with Gasteiger partial charge in [-0.1, -0.05) is 29.8 Å². The lowest BCUT2D eigenvalue weighted by atomic mass is 10.2. The number of aromatic nitrogens is 1. The number of halogens is 1. The summed E-state index contributed by atoms with van der Waals surface area (Å²) < 4.78 is 37.6. The van der Waals surface area contributed by atoms with Crippen molar-refractivity contribution in [3.63, 3.8) is 0 Å². The number of rotatable bonds is 4. The third-order valence-electron chi connectivity index (χ3n) is 4.87. The van der Waals surface area contributed by atoms with E-state index in [0.29, 0.717) is 24.5 Å². The van der Waals surface area contributed by atoms with Crippen molar-refractivity contribution in [2.75, 3.05) is 33.3 Å². The molecule has 2 aromatic carbocycles. The van der Waals surface area contributed by atoms with Gasteiger partial charge in [0.25, 0.3) is 5.91 Å². The van der Waals surface area contributed by atoms with Crippen molar-refractivity contribution in [1.29, 1.82) is 0 Å². The Kier molecular flexibility index (Phi) is 5.48. The first-order valence-electron chi connectivity index (χ1n) is 8.89. The van der Waals surface area contributed by atoms with Crippen molar-refractivity contribution in [2.45, 2.75) is 4.90 Å². The lowest BCUT2D eigenvalue weighted by Crippen LogP contribution is -2.50. The number of amides is 1. The summed E-state index contributed by atoms with van der Waals surface area (Å²) in [4.78, 5) is 14.6. The van der Waals surface area contributed by atoms with Crippen LogP contribution in [0.3, 0.4) is 0 Å². The Bertz CT molecular complexity index is 1170. The summed E-state index contributed by atoms with van der Waals surface area (Å²) in [5, 5.41) is 1.06. The molecule has 4 rings (SSSR count). The smallest absolute Gasteiger partial charge is 0.274 e. The number of benzene rings is 2. The van der Waals surface area contributed by atoms with Gasteiger partial charge in [-0.2, -0.15) is 8.68 Å². The van der Waals surface area contributed by atoms with Crippen molar-refractivity contribution in [3.05, 3.63) is 53.2 Å². The average molecular weight is 452 g/mol. The Morgan fingerprint density at radius 3 is 2.55 bits per heavy atom. The van der Waals surface area contributed by atoms with Gasteiger partial charge in [0, 0.05) is 31.6 Å². The molecule has 0 saturated carbocycles. The summed E-state index contributed by atoms with van der Waals surface area (Å²) in [5.41, 5.74) is 0.420. The minimum atomic E-state index is -3.71. The predicted octanol–water partition coefficient (Wildman–Crippen LogP) is 3.11. The van der Waals surface area contributed by atoms with E-state index in [9.17, 15) is 13.2 Å². The number of carbonyl (C=O) groups is 1. The van der Waals surface area contributed by atoms with Crippen LogP contribution in [0.5, 0.6) is 5.75 Å². The van der Waals surface area contributed by atoms with Gasteiger partial charge in [-0.25, -0.2) is 8.42 Å². The van der Waals surface area contributed by atoms with Gasteiger partial charge in [0.2, 0.25) is 10.0 Å². The molecule has 0 aliphatic carbocycles. The molecule has 1 amide bonds. The second kappa shape index (κ2) is 7.91. The van der Waals surface area contributed by atoms with E-state index in [2.05, 4.69) is 4.37 Å². The molecule has 152 valence electrons. The maximum Gasteiger partial charge on any atom is 0.274 e. The fourth-order valence-electron chi connectivity index (χ4n) is 3.28. The molecule has 0 atom stereocenters. The molecule has 0 radical (unpaired) electrons. The number of fused-ring (bicyclic) bond motifs is 1. The van der Waals surface area contributed by atoms with Crippen LogP contribution >= 0.6 is 23.1 Å². The molecular weight excluding hydrogens is 434 g/mol. The summed E-state index contributed by atoms with van der Waals surface area (Å²) in [6.07, 6.45) is 0. The van der Waals surface area contributed by atoms with Crippen molar-refractivity contribution >= 4 is 49.2 Å². The van der Waals surface area contributed by atoms with Crippen LogP contribution in [0.25, 0.3) is 10.1 Å². The van der Waals surface area contributed by atoms with Crippen molar-refractivity contribution < 1.29 is 17.9 Å². The molecule has 1 fully saturated rings. The number of nitrogens with zero attached hydrogens (tertiary/aromatic N) is 3. The fourth-order valence-corrected chi connectivity index (χ4v) is 5.82. The van der Waals surface area contributed by atoms with Crippen LogP contribution in [-0.2, 0) is 10.0 Å². The second-order valence-corrected chi connectivity index (χ2v) is 9.67. The van der Waals surface area contributed by atoms with E-state index in [1.165, 1.54) is 41.1 Å². The van der Waals surface area contributed by atoms with Crippen LogP contribution in [0, 0.1) is 0 Å². The van der Waals surface area contributed by atoms with Crippen LogP contribution in [0.15, 0.2) is 47.4 Å². The van der Waals surface area contributed by atoms with E-state index in [-0.39, 0.29) is 28.9 Å². The van der Waals surface area contributed by atoms with Gasteiger partial charge in [0.1, 0.15) is 11.4 Å². The van der Waals surface area contributed by atoms with Crippen LogP contribution in [0.4, 0.5) is 0 Å². The minimum Gasteiger partial charge on any atom is -0.495 e. The minimum absolute atomic E-state index is 0.105. The second-order valence-electron chi connectivity index (χ2n) is 6.52. The summed E-state index contributed by atoms with van der Waals surface area (Å²) in [5.74, 6) is 0.239. The monoisotopic (exact) mass is 451 g/mol. The number of hydrogen-bond donors (Lipinski definition) is 0. The molecule has 1 aliphatic rings. The highest BCUT2D eigenvalue weighted by Gasteiger charge is 2.32. The standard InChI is InChI=1S/C19H18ClN3O4S2/c1-27-16-7-6-13(12-15(16)20)29(25,26)23-10-8-22(9-11-23)19(24)18-14-4-2-3-5-17(14)28-21-18/h2-7,12H,8-11H2,1H3. The van der Waals surface area contributed by atoms with E-state index in [4.69, 9.17) is 16.3 Å². The predicted molar refractivity (Wildman–Crippen MR) is 112 cm³/mol. The van der Waals surface area contributed by atoms with E-state index in [1.54, 1.807) is 4.90 Å². The first kappa shape index (κ1) is 20.1. The molecule has 7 nitrogen and oxygen atoms in total. The molecule has 0 N–H and O–H groups in total. The summed E-state index contributed by atoms with van der Waals surface area (Å²) in [6, 6.07) is 12.0. The molecular formula is C19H18ClN3O4S2. The topological polar surface area (TPSA) is 79.8 Å². The van der Waals surface area contributed by atoms with Gasteiger partial charge in [-0.3, -0.25) is 4.79 Å². The van der Waals surface area contributed by atoms with Gasteiger partial charge in [-0.15, -0.1) is 0 Å². The summed E-state index contributed by atoms with van der Waals surface area (Å²) in [6.45, 7) is 1.02. The molecule has 1 saturated heterocycles. The van der Waals surface area contributed by atoms with Crippen LogP contribution in [0.1, 0.15) is 10.5 Å². The van der Waals surface area contributed by atoms with Crippen molar-refractivity contribution in [2.24, 2.45) is 0 Å². The number of hydrogen-bond acceptors (Lipinski definition) is 6. The third kappa shape index (κ3) is 3.71. The van der Waals surface area contributed by atoms with E-state index in [0.717, 1.165) is 10.1 Å². The quantitative estimate of drug-likeness (QED) is 0.609. The number of piperazine rings is 1. The number of methoxy groups -OCH3 is 1. The molecule has 0 bridgehead atoms. The zero-order valence-electron chi connectivity index (χ0n) is 15.5. The Hall–Kier alpha value is -2.20. The molecule has 29 heavy (non-hydrogen) atoms. The molecule has 0 unspecified atom stereocenters. The van der Waals surface area contributed by atoms with E-state index < -0.39 is 10.0 Å². The first-order valence-corrected chi connectivity index (χ1v) is 11.5. The van der Waals surface area contributed by atoms with Crippen LogP contribution in [-0.4, -0.2) is 61.2 Å². The molecule has 0 spiro atoms.